The fourth-order valence-corrected chi connectivity index (χ4v) is 5.18. The first-order valence-corrected chi connectivity index (χ1v) is 12.8. The maximum absolute atomic E-state index is 6.05. The molecule has 0 atom stereocenters. The van der Waals surface area contributed by atoms with Crippen LogP contribution < -0.4 is 9.97 Å². The zero-order valence-electron chi connectivity index (χ0n) is 21.7. The molecule has 0 saturated carbocycles. The van der Waals surface area contributed by atoms with Crippen LogP contribution >= 0.6 is 0 Å². The summed E-state index contributed by atoms with van der Waals surface area (Å²) >= 11 is 0. The minimum atomic E-state index is 0. The van der Waals surface area contributed by atoms with E-state index in [1.807, 2.05) is 109 Å². The van der Waals surface area contributed by atoms with Gasteiger partial charge in [-0.25, -0.2) is 9.97 Å². The zero-order valence-corrected chi connectivity index (χ0v) is 22.8. The molecule has 0 unspecified atom stereocenters. The van der Waals surface area contributed by atoms with E-state index >= 15 is 0 Å². The van der Waals surface area contributed by atoms with Crippen molar-refractivity contribution in [3.63, 3.8) is 0 Å². The molecule has 3 aromatic heterocycles. The fourth-order valence-electron chi connectivity index (χ4n) is 5.18. The third-order valence-electron chi connectivity index (χ3n) is 7.02. The molecule has 5 aromatic rings. The molecule has 2 aliphatic rings. The van der Waals surface area contributed by atoms with Gasteiger partial charge in [0.05, 0.1) is 22.8 Å². The molecule has 5 heterocycles. The van der Waals surface area contributed by atoms with Crippen LogP contribution in [0.1, 0.15) is 33.9 Å². The van der Waals surface area contributed by atoms with E-state index in [0.717, 1.165) is 44.7 Å². The molecule has 5 heteroatoms. The number of hydrogen-bond acceptors (Lipinski definition) is 2. The van der Waals surface area contributed by atoms with Crippen LogP contribution in [0.15, 0.2) is 84.9 Å². The Bertz CT molecular complexity index is 1960. The van der Waals surface area contributed by atoms with Gasteiger partial charge in [-0.2, -0.15) is 0 Å². The Balaban J connectivity index is 0.00000302. The zero-order chi connectivity index (χ0) is 27.1. The normalized spacial score (nSPS) is 11.5. The van der Waals surface area contributed by atoms with E-state index in [-0.39, 0.29) is 17.1 Å². The van der Waals surface area contributed by atoms with Crippen LogP contribution in [0.3, 0.4) is 0 Å². The van der Waals surface area contributed by atoms with E-state index in [4.69, 9.17) is 32.8 Å². The standard InChI is InChI=1S/C36H20N4.Fe/c1-3-25-27-15-19-31(37-27)35(23-11-7-5-8-12-23)33-21-17-29(39-33)26(4-2)30-18-22-34(40-30)36(24-13-9-6-10-14-24)32-20-16-28(25)38-32;/h1-2,5-22H;/q-2;. The maximum Gasteiger partial charge on any atom is 0.0781 e. The van der Waals surface area contributed by atoms with Gasteiger partial charge in [-0.15, -0.1) is 34.9 Å². The van der Waals surface area contributed by atoms with Crippen molar-refractivity contribution in [1.29, 1.82) is 0 Å². The van der Waals surface area contributed by atoms with Crippen molar-refractivity contribution >= 4 is 46.4 Å². The van der Waals surface area contributed by atoms with E-state index in [9.17, 15) is 0 Å². The molecule has 2 aromatic carbocycles. The predicted molar refractivity (Wildman–Crippen MR) is 164 cm³/mol. The Morgan fingerprint density at radius 2 is 0.829 bits per heavy atom. The van der Waals surface area contributed by atoms with Gasteiger partial charge in [0.1, 0.15) is 0 Å². The molecule has 0 radical (unpaired) electrons. The van der Waals surface area contributed by atoms with Crippen molar-refractivity contribution in [3.05, 3.63) is 119 Å². The molecule has 2 aliphatic heterocycles. The van der Waals surface area contributed by atoms with Gasteiger partial charge in [0.25, 0.3) is 0 Å². The van der Waals surface area contributed by atoms with Crippen LogP contribution in [0.2, 0.25) is 0 Å². The molecule has 8 bridgehead atoms. The maximum atomic E-state index is 6.05. The Morgan fingerprint density at radius 1 is 0.463 bits per heavy atom. The summed E-state index contributed by atoms with van der Waals surface area (Å²) in [6.07, 6.45) is 19.9. The Labute approximate surface area is 248 Å². The number of rotatable bonds is 2. The summed E-state index contributed by atoms with van der Waals surface area (Å²) in [5, 5.41) is 0. The molecule has 0 saturated heterocycles. The SMILES string of the molecule is C#Cc1c2nc(c(-c3ccccc3)c3ccc([n-]3)c(C#C)c3nc(c(-c4ccccc4)c4ccc1[n-]4)C=C3)C=C2.[Fe]. The topological polar surface area (TPSA) is 54.0 Å². The second-order valence-electron chi connectivity index (χ2n) is 9.38. The van der Waals surface area contributed by atoms with Gasteiger partial charge in [-0.3, -0.25) is 0 Å². The van der Waals surface area contributed by atoms with Crippen LogP contribution in [-0.4, -0.2) is 9.97 Å². The number of benzene rings is 2. The molecule has 7 rings (SSSR count). The average molecular weight is 564 g/mol. The second-order valence-corrected chi connectivity index (χ2v) is 9.38. The van der Waals surface area contributed by atoms with Crippen molar-refractivity contribution < 1.29 is 17.1 Å². The number of terminal acetylenes is 2. The van der Waals surface area contributed by atoms with Crippen molar-refractivity contribution in [2.75, 3.05) is 0 Å². The second kappa shape index (κ2) is 10.7. The largest absolute Gasteiger partial charge is 0.656 e. The van der Waals surface area contributed by atoms with Gasteiger partial charge >= 0.3 is 0 Å². The summed E-state index contributed by atoms with van der Waals surface area (Å²) in [4.78, 5) is 19.9. The number of nitrogens with zero attached hydrogens (tertiary/aromatic N) is 4. The Kier molecular flexibility index (Phi) is 6.76. The van der Waals surface area contributed by atoms with E-state index in [0.29, 0.717) is 33.5 Å². The molecule has 0 amide bonds. The molecule has 0 spiro atoms. The van der Waals surface area contributed by atoms with E-state index in [2.05, 4.69) is 11.8 Å². The van der Waals surface area contributed by atoms with Crippen LogP contribution in [-0.2, 0) is 17.1 Å². The van der Waals surface area contributed by atoms with Gasteiger partial charge in [-0.05, 0) is 46.6 Å². The van der Waals surface area contributed by atoms with Crippen molar-refractivity contribution in [2.24, 2.45) is 0 Å². The van der Waals surface area contributed by atoms with Crippen molar-refractivity contribution in [2.45, 2.75) is 0 Å². The van der Waals surface area contributed by atoms with Crippen LogP contribution in [0.4, 0.5) is 0 Å². The number of aromatic nitrogens is 4. The van der Waals surface area contributed by atoms with Crippen molar-refractivity contribution in [1.82, 2.24) is 19.9 Å². The van der Waals surface area contributed by atoms with E-state index < -0.39 is 0 Å². The summed E-state index contributed by atoms with van der Waals surface area (Å²) in [5.74, 6) is 5.67. The first-order chi connectivity index (χ1) is 19.7. The summed E-state index contributed by atoms with van der Waals surface area (Å²) in [6.45, 7) is 0. The van der Waals surface area contributed by atoms with Gasteiger partial charge in [0, 0.05) is 28.2 Å². The van der Waals surface area contributed by atoms with Gasteiger partial charge in [0.15, 0.2) is 0 Å². The smallest absolute Gasteiger partial charge is 0.0781 e. The van der Waals surface area contributed by atoms with Crippen LogP contribution in [0.5, 0.6) is 0 Å². The third-order valence-corrected chi connectivity index (χ3v) is 7.02. The molecule has 0 fully saturated rings. The molecular weight excluding hydrogens is 544 g/mol. The molecule has 0 N–H and O–H groups in total. The van der Waals surface area contributed by atoms with Gasteiger partial charge < -0.3 is 9.97 Å². The Morgan fingerprint density at radius 3 is 1.22 bits per heavy atom. The monoisotopic (exact) mass is 564 g/mol. The fraction of sp³-hybridized carbons (Fsp3) is 0. The van der Waals surface area contributed by atoms with E-state index in [1.54, 1.807) is 0 Å². The van der Waals surface area contributed by atoms with Crippen molar-refractivity contribution in [3.8, 4) is 46.9 Å². The summed E-state index contributed by atoms with van der Waals surface area (Å²) < 4.78 is 0. The molecular formula is C36H20FeN4-2. The van der Waals surface area contributed by atoms with Gasteiger partial charge in [0.2, 0.25) is 0 Å². The van der Waals surface area contributed by atoms with Crippen LogP contribution in [0.25, 0.3) is 68.6 Å². The first-order valence-electron chi connectivity index (χ1n) is 12.8. The first kappa shape index (κ1) is 25.9. The average Bonchev–Trinajstić information content (AvgIpc) is 3.81. The summed E-state index contributed by atoms with van der Waals surface area (Å²) in [6, 6.07) is 28.0. The Hall–Kier alpha value is -5.32. The molecule has 4 nitrogen and oxygen atoms in total. The number of fused-ring (bicyclic) bond motifs is 8. The quantitative estimate of drug-likeness (QED) is 0.165. The number of hydrogen-bond donors (Lipinski definition) is 0. The molecule has 0 aliphatic carbocycles. The minimum absolute atomic E-state index is 0. The molecule has 41 heavy (non-hydrogen) atoms. The van der Waals surface area contributed by atoms with Crippen LogP contribution in [0, 0.1) is 24.7 Å². The molecule has 194 valence electrons. The van der Waals surface area contributed by atoms with E-state index in [1.165, 1.54) is 0 Å². The minimum Gasteiger partial charge on any atom is -0.656 e. The third kappa shape index (κ3) is 4.50. The summed E-state index contributed by atoms with van der Waals surface area (Å²) in [5.41, 5.74) is 10.8. The summed E-state index contributed by atoms with van der Waals surface area (Å²) in [7, 11) is 0. The predicted octanol–water partition coefficient (Wildman–Crippen LogP) is 7.21. The van der Waals surface area contributed by atoms with Gasteiger partial charge in [-0.1, -0.05) is 96.8 Å².